The van der Waals surface area contributed by atoms with Gasteiger partial charge >= 0.3 is 5.97 Å². The summed E-state index contributed by atoms with van der Waals surface area (Å²) in [4.78, 5) is 15.7. The van der Waals surface area contributed by atoms with Gasteiger partial charge in [0.15, 0.2) is 11.6 Å². The summed E-state index contributed by atoms with van der Waals surface area (Å²) >= 11 is 3.18. The number of nitrogens with zero attached hydrogens (tertiary/aromatic N) is 1. The topological polar surface area (TPSA) is 57.7 Å². The quantitative estimate of drug-likeness (QED) is 0.399. The molecule has 0 amide bonds. The molecule has 3 aromatic rings. The number of hydrogen-bond donors (Lipinski definition) is 0. The number of halogens is 2. The van der Waals surface area contributed by atoms with Crippen molar-refractivity contribution in [1.82, 2.24) is 4.98 Å². The van der Waals surface area contributed by atoms with Crippen LogP contribution in [-0.2, 0) is 11.3 Å². The van der Waals surface area contributed by atoms with Crippen molar-refractivity contribution in [3.05, 3.63) is 82.2 Å². The van der Waals surface area contributed by atoms with E-state index in [1.807, 2.05) is 30.3 Å². The third-order valence-electron chi connectivity index (χ3n) is 3.56. The van der Waals surface area contributed by atoms with E-state index in [1.165, 1.54) is 31.4 Å². The highest BCUT2D eigenvalue weighted by Crippen LogP contribution is 2.28. The second-order valence-electron chi connectivity index (χ2n) is 5.48. The highest BCUT2D eigenvalue weighted by atomic mass is 79.9. The third-order valence-corrected chi connectivity index (χ3v) is 3.96. The maximum atomic E-state index is 14.4. The fourth-order valence-electron chi connectivity index (χ4n) is 2.27. The average molecular weight is 432 g/mol. The van der Waals surface area contributed by atoms with Gasteiger partial charge in [-0.1, -0.05) is 30.3 Å². The van der Waals surface area contributed by atoms with E-state index in [4.69, 9.17) is 9.47 Å². The van der Waals surface area contributed by atoms with Gasteiger partial charge in [0.25, 0.3) is 0 Å². The minimum Gasteiger partial charge on any atom is -0.489 e. The number of hydrogen-bond acceptors (Lipinski definition) is 5. The van der Waals surface area contributed by atoms with Crippen molar-refractivity contribution in [3.63, 3.8) is 0 Å². The first-order valence-corrected chi connectivity index (χ1v) is 8.74. The summed E-state index contributed by atoms with van der Waals surface area (Å²) in [5, 5.41) is 0. The summed E-state index contributed by atoms with van der Waals surface area (Å²) < 4.78 is 30.4. The summed E-state index contributed by atoms with van der Waals surface area (Å²) in [7, 11) is 1.27. The van der Waals surface area contributed by atoms with Gasteiger partial charge < -0.3 is 14.2 Å². The molecule has 1 aromatic heterocycles. The van der Waals surface area contributed by atoms with Crippen molar-refractivity contribution in [3.8, 4) is 17.4 Å². The molecule has 2 aromatic carbocycles. The number of esters is 1. The summed E-state index contributed by atoms with van der Waals surface area (Å²) in [6.07, 6.45) is 0. The van der Waals surface area contributed by atoms with Gasteiger partial charge in [0.2, 0.25) is 5.88 Å². The zero-order chi connectivity index (χ0) is 19.2. The third kappa shape index (κ3) is 5.04. The molecule has 0 bridgehead atoms. The Hall–Kier alpha value is -2.93. The number of pyridine rings is 1. The average Bonchev–Trinajstić information content (AvgIpc) is 2.68. The number of carbonyl (C=O) groups excluding carboxylic acids is 1. The van der Waals surface area contributed by atoms with Gasteiger partial charge in [0, 0.05) is 12.1 Å². The van der Waals surface area contributed by atoms with Crippen LogP contribution in [-0.4, -0.2) is 18.1 Å². The Morgan fingerprint density at radius 3 is 2.59 bits per heavy atom. The molecule has 7 heteroatoms. The number of carbonyl (C=O) groups is 1. The molecular weight excluding hydrogens is 417 g/mol. The van der Waals surface area contributed by atoms with Gasteiger partial charge in [0.05, 0.1) is 12.7 Å². The zero-order valence-electron chi connectivity index (χ0n) is 14.3. The number of benzene rings is 2. The number of ether oxygens (including phenoxy) is 3. The van der Waals surface area contributed by atoms with Crippen molar-refractivity contribution in [1.29, 1.82) is 0 Å². The molecule has 0 unspecified atom stereocenters. The van der Waals surface area contributed by atoms with E-state index in [0.717, 1.165) is 5.56 Å². The lowest BCUT2D eigenvalue weighted by molar-refractivity contribution is 0.0600. The van der Waals surface area contributed by atoms with Crippen molar-refractivity contribution >= 4 is 21.9 Å². The molecule has 27 heavy (non-hydrogen) atoms. The van der Waals surface area contributed by atoms with Gasteiger partial charge in [0.1, 0.15) is 17.0 Å². The second-order valence-corrected chi connectivity index (χ2v) is 6.29. The normalized spacial score (nSPS) is 10.3. The maximum absolute atomic E-state index is 14.4. The number of methoxy groups -OCH3 is 1. The molecule has 0 fully saturated rings. The number of aromatic nitrogens is 1. The molecule has 5 nitrogen and oxygen atoms in total. The molecule has 3 rings (SSSR count). The zero-order valence-corrected chi connectivity index (χ0v) is 15.9. The molecule has 1 heterocycles. The van der Waals surface area contributed by atoms with Crippen LogP contribution in [0.2, 0.25) is 0 Å². The monoisotopic (exact) mass is 431 g/mol. The lowest BCUT2D eigenvalue weighted by Gasteiger charge is -2.10. The molecule has 0 aliphatic heterocycles. The minimum absolute atomic E-state index is 0.0384. The molecule has 138 valence electrons. The van der Waals surface area contributed by atoms with E-state index >= 15 is 0 Å². The smallest absolute Gasteiger partial charge is 0.338 e. The first kappa shape index (κ1) is 18.8. The Kier molecular flexibility index (Phi) is 6.03. The van der Waals surface area contributed by atoms with Crippen LogP contribution in [0.1, 0.15) is 15.9 Å². The van der Waals surface area contributed by atoms with E-state index in [9.17, 15) is 9.18 Å². The molecule has 0 radical (unpaired) electrons. The largest absolute Gasteiger partial charge is 0.489 e. The Morgan fingerprint density at radius 2 is 1.89 bits per heavy atom. The Bertz CT molecular complexity index is 950. The van der Waals surface area contributed by atoms with Crippen LogP contribution in [0.25, 0.3) is 0 Å². The van der Waals surface area contributed by atoms with Gasteiger partial charge in [-0.15, -0.1) is 0 Å². The van der Waals surface area contributed by atoms with Crippen LogP contribution in [0.3, 0.4) is 0 Å². The summed E-state index contributed by atoms with van der Waals surface area (Å²) in [6, 6.07) is 16.7. The Balaban J connectivity index is 1.73. The van der Waals surface area contributed by atoms with E-state index in [1.54, 1.807) is 6.07 Å². The SMILES string of the molecule is COC(=O)c1cc(Br)nc(Oc2ccc(OCc3ccccc3)cc2F)c1. The minimum atomic E-state index is -0.609. The molecule has 0 aliphatic rings. The van der Waals surface area contributed by atoms with Crippen molar-refractivity contribution in [2.45, 2.75) is 6.61 Å². The fraction of sp³-hybridized carbons (Fsp3) is 0.100. The molecule has 0 saturated carbocycles. The lowest BCUT2D eigenvalue weighted by Crippen LogP contribution is -2.03. The van der Waals surface area contributed by atoms with Crippen molar-refractivity contribution < 1.29 is 23.4 Å². The fourth-order valence-corrected chi connectivity index (χ4v) is 2.69. The standard InChI is InChI=1S/C20H15BrFNO4/c1-25-20(24)14-9-18(21)23-19(10-14)27-17-8-7-15(11-16(17)22)26-12-13-5-3-2-4-6-13/h2-11H,12H2,1H3. The van der Waals surface area contributed by atoms with Crippen LogP contribution < -0.4 is 9.47 Å². The van der Waals surface area contributed by atoms with Crippen LogP contribution in [0, 0.1) is 5.82 Å². The van der Waals surface area contributed by atoms with Gasteiger partial charge in [-0.25, -0.2) is 14.2 Å². The molecular formula is C20H15BrFNO4. The van der Waals surface area contributed by atoms with E-state index in [0.29, 0.717) is 17.0 Å². The van der Waals surface area contributed by atoms with Crippen molar-refractivity contribution in [2.75, 3.05) is 7.11 Å². The lowest BCUT2D eigenvalue weighted by atomic mass is 10.2. The molecule has 0 atom stereocenters. The van der Waals surface area contributed by atoms with Crippen LogP contribution in [0.15, 0.2) is 65.3 Å². The first-order chi connectivity index (χ1) is 13.0. The van der Waals surface area contributed by atoms with Gasteiger partial charge in [-0.2, -0.15) is 0 Å². The summed E-state index contributed by atoms with van der Waals surface area (Å²) in [5.41, 5.74) is 1.21. The maximum Gasteiger partial charge on any atom is 0.338 e. The Labute approximate surface area is 163 Å². The predicted octanol–water partition coefficient (Wildman–Crippen LogP) is 5.14. The van der Waals surface area contributed by atoms with Crippen LogP contribution in [0.4, 0.5) is 4.39 Å². The number of rotatable bonds is 6. The van der Waals surface area contributed by atoms with E-state index in [-0.39, 0.29) is 17.2 Å². The highest BCUT2D eigenvalue weighted by Gasteiger charge is 2.13. The van der Waals surface area contributed by atoms with Gasteiger partial charge in [-0.05, 0) is 39.7 Å². The van der Waals surface area contributed by atoms with Gasteiger partial charge in [-0.3, -0.25) is 0 Å². The molecule has 0 spiro atoms. The van der Waals surface area contributed by atoms with Crippen LogP contribution >= 0.6 is 15.9 Å². The van der Waals surface area contributed by atoms with E-state index < -0.39 is 11.8 Å². The molecule has 0 N–H and O–H groups in total. The molecule has 0 aliphatic carbocycles. The summed E-state index contributed by atoms with van der Waals surface area (Å²) in [5.74, 6) is -0.763. The first-order valence-electron chi connectivity index (χ1n) is 7.95. The molecule has 0 saturated heterocycles. The highest BCUT2D eigenvalue weighted by molar-refractivity contribution is 9.10. The summed E-state index contributed by atoms with van der Waals surface area (Å²) in [6.45, 7) is 0.330. The van der Waals surface area contributed by atoms with E-state index in [2.05, 4.69) is 25.7 Å². The van der Waals surface area contributed by atoms with Crippen molar-refractivity contribution in [2.24, 2.45) is 0 Å². The Morgan fingerprint density at radius 1 is 1.11 bits per heavy atom. The second kappa shape index (κ2) is 8.64. The van der Waals surface area contributed by atoms with Crippen LogP contribution in [0.5, 0.6) is 17.4 Å². The predicted molar refractivity (Wildman–Crippen MR) is 101 cm³/mol.